The lowest BCUT2D eigenvalue weighted by Gasteiger charge is -2.15. The second-order valence-electron chi connectivity index (χ2n) is 5.75. The van der Waals surface area contributed by atoms with Gasteiger partial charge < -0.3 is 24.8 Å². The summed E-state index contributed by atoms with van der Waals surface area (Å²) in [7, 11) is 4.68. The molecule has 0 saturated carbocycles. The molecule has 2 aromatic rings. The molecule has 0 fully saturated rings. The summed E-state index contributed by atoms with van der Waals surface area (Å²) in [5.74, 6) is 1.44. The molecule has 7 heteroatoms. The summed E-state index contributed by atoms with van der Waals surface area (Å²) >= 11 is 0. The van der Waals surface area contributed by atoms with E-state index in [1.807, 2.05) is 13.8 Å². The number of aromatic nitrogens is 1. The third-order valence-electron chi connectivity index (χ3n) is 3.94. The van der Waals surface area contributed by atoms with Crippen LogP contribution in [0.2, 0.25) is 0 Å². The second-order valence-corrected chi connectivity index (χ2v) is 5.75. The summed E-state index contributed by atoms with van der Waals surface area (Å²) in [5, 5.41) is 6.10. The van der Waals surface area contributed by atoms with Crippen LogP contribution in [0.1, 0.15) is 30.8 Å². The highest BCUT2D eigenvalue weighted by atomic mass is 16.5. The topological polar surface area (TPSA) is 81.7 Å². The van der Waals surface area contributed by atoms with Gasteiger partial charge in [-0.05, 0) is 25.5 Å². The Morgan fingerprint density at radius 3 is 2.19 bits per heavy atom. The Morgan fingerprint density at radius 2 is 1.73 bits per heavy atom. The number of amides is 1. The number of nitrogens with one attached hydrogen (secondary N) is 2. The number of anilines is 2. The zero-order chi connectivity index (χ0) is 19.1. The SMILES string of the molecule is CCC(C)NC(=O)c1ccc(Nc2cc(OC)c(OC)c(OC)c2)cn1. The van der Waals surface area contributed by atoms with E-state index in [-0.39, 0.29) is 11.9 Å². The number of hydrogen-bond acceptors (Lipinski definition) is 6. The van der Waals surface area contributed by atoms with Gasteiger partial charge in [0, 0.05) is 23.9 Å². The van der Waals surface area contributed by atoms with Crippen molar-refractivity contribution in [2.24, 2.45) is 0 Å². The van der Waals surface area contributed by atoms with Crippen LogP contribution in [0.5, 0.6) is 17.2 Å². The first kappa shape index (κ1) is 19.4. The number of hydrogen-bond donors (Lipinski definition) is 2. The maximum Gasteiger partial charge on any atom is 0.270 e. The lowest BCUT2D eigenvalue weighted by Crippen LogP contribution is -2.32. The number of nitrogens with zero attached hydrogens (tertiary/aromatic N) is 1. The van der Waals surface area contributed by atoms with Crippen LogP contribution in [0, 0.1) is 0 Å². The number of rotatable bonds is 8. The molecule has 2 N–H and O–H groups in total. The molecule has 2 rings (SSSR count). The molecule has 1 atom stereocenters. The van der Waals surface area contributed by atoms with E-state index in [4.69, 9.17) is 14.2 Å². The number of methoxy groups -OCH3 is 3. The first-order valence-corrected chi connectivity index (χ1v) is 8.36. The first-order chi connectivity index (χ1) is 12.5. The molecule has 26 heavy (non-hydrogen) atoms. The van der Waals surface area contributed by atoms with E-state index in [2.05, 4.69) is 15.6 Å². The van der Waals surface area contributed by atoms with Crippen LogP contribution in [0.25, 0.3) is 0 Å². The van der Waals surface area contributed by atoms with Gasteiger partial charge in [0.25, 0.3) is 5.91 Å². The van der Waals surface area contributed by atoms with E-state index in [1.54, 1.807) is 51.8 Å². The van der Waals surface area contributed by atoms with E-state index >= 15 is 0 Å². The molecular formula is C19H25N3O4. The molecule has 1 aromatic carbocycles. The van der Waals surface area contributed by atoms with Gasteiger partial charge in [-0.3, -0.25) is 4.79 Å². The van der Waals surface area contributed by atoms with Crippen LogP contribution in [0.15, 0.2) is 30.5 Å². The monoisotopic (exact) mass is 359 g/mol. The Kier molecular flexibility index (Phi) is 6.66. The molecule has 7 nitrogen and oxygen atoms in total. The van der Waals surface area contributed by atoms with Crippen molar-refractivity contribution in [2.75, 3.05) is 26.6 Å². The number of ether oxygens (including phenoxy) is 3. The second kappa shape index (κ2) is 8.94. The van der Waals surface area contributed by atoms with Gasteiger partial charge in [0.1, 0.15) is 5.69 Å². The predicted octanol–water partition coefficient (Wildman–Crippen LogP) is 3.38. The molecule has 1 aromatic heterocycles. The van der Waals surface area contributed by atoms with Crippen LogP contribution >= 0.6 is 0 Å². The minimum atomic E-state index is -0.182. The Labute approximate surface area is 153 Å². The molecule has 140 valence electrons. The Hall–Kier alpha value is -2.96. The van der Waals surface area contributed by atoms with Crippen molar-refractivity contribution in [2.45, 2.75) is 26.3 Å². The molecule has 0 saturated heterocycles. The van der Waals surface area contributed by atoms with E-state index in [0.29, 0.717) is 22.9 Å². The Morgan fingerprint density at radius 1 is 1.08 bits per heavy atom. The number of pyridine rings is 1. The van der Waals surface area contributed by atoms with Gasteiger partial charge in [-0.15, -0.1) is 0 Å². The summed E-state index contributed by atoms with van der Waals surface area (Å²) < 4.78 is 16.0. The molecule has 1 unspecified atom stereocenters. The normalized spacial score (nSPS) is 11.4. The number of carbonyl (C=O) groups is 1. The van der Waals surface area contributed by atoms with E-state index in [9.17, 15) is 4.79 Å². The molecule has 0 spiro atoms. The van der Waals surface area contributed by atoms with Gasteiger partial charge in [0.15, 0.2) is 11.5 Å². The van der Waals surface area contributed by atoms with E-state index in [0.717, 1.165) is 17.8 Å². The van der Waals surface area contributed by atoms with Gasteiger partial charge in [0.2, 0.25) is 5.75 Å². The molecular weight excluding hydrogens is 334 g/mol. The minimum absolute atomic E-state index is 0.112. The van der Waals surface area contributed by atoms with Crippen molar-refractivity contribution in [3.05, 3.63) is 36.2 Å². The molecule has 0 aliphatic rings. The maximum absolute atomic E-state index is 12.1. The highest BCUT2D eigenvalue weighted by molar-refractivity contribution is 5.92. The average molecular weight is 359 g/mol. The summed E-state index contributed by atoms with van der Waals surface area (Å²) in [4.78, 5) is 16.3. The van der Waals surface area contributed by atoms with Gasteiger partial charge >= 0.3 is 0 Å². The molecule has 0 aliphatic carbocycles. The minimum Gasteiger partial charge on any atom is -0.493 e. The largest absolute Gasteiger partial charge is 0.493 e. The third-order valence-corrected chi connectivity index (χ3v) is 3.94. The number of benzene rings is 1. The van der Waals surface area contributed by atoms with Gasteiger partial charge in [0.05, 0.1) is 33.2 Å². The van der Waals surface area contributed by atoms with Crippen molar-refractivity contribution in [1.29, 1.82) is 0 Å². The smallest absolute Gasteiger partial charge is 0.270 e. The van der Waals surface area contributed by atoms with Crippen LogP contribution in [0.3, 0.4) is 0 Å². The Bertz CT molecular complexity index is 722. The van der Waals surface area contributed by atoms with Crippen molar-refractivity contribution < 1.29 is 19.0 Å². The fourth-order valence-electron chi connectivity index (χ4n) is 2.32. The van der Waals surface area contributed by atoms with E-state index in [1.165, 1.54) is 0 Å². The van der Waals surface area contributed by atoms with Crippen LogP contribution in [-0.4, -0.2) is 38.3 Å². The molecule has 1 heterocycles. The Balaban J connectivity index is 2.17. The highest BCUT2D eigenvalue weighted by Gasteiger charge is 2.14. The van der Waals surface area contributed by atoms with Crippen molar-refractivity contribution in [3.63, 3.8) is 0 Å². The number of carbonyl (C=O) groups excluding carboxylic acids is 1. The van der Waals surface area contributed by atoms with Gasteiger partial charge in [-0.1, -0.05) is 6.92 Å². The van der Waals surface area contributed by atoms with Crippen LogP contribution < -0.4 is 24.8 Å². The lowest BCUT2D eigenvalue weighted by atomic mass is 10.2. The van der Waals surface area contributed by atoms with Gasteiger partial charge in [-0.25, -0.2) is 4.98 Å². The zero-order valence-electron chi connectivity index (χ0n) is 15.8. The lowest BCUT2D eigenvalue weighted by molar-refractivity contribution is 0.0934. The fraction of sp³-hybridized carbons (Fsp3) is 0.368. The van der Waals surface area contributed by atoms with Crippen LogP contribution in [0.4, 0.5) is 11.4 Å². The van der Waals surface area contributed by atoms with E-state index < -0.39 is 0 Å². The standard InChI is InChI=1S/C19H25N3O4/c1-6-12(2)21-19(23)15-8-7-13(11-20-15)22-14-9-16(24-3)18(26-5)17(10-14)25-4/h7-12,22H,6H2,1-5H3,(H,21,23). The fourth-order valence-corrected chi connectivity index (χ4v) is 2.32. The molecule has 1 amide bonds. The average Bonchev–Trinajstić information content (AvgIpc) is 2.67. The molecule has 0 aliphatic heterocycles. The quantitative estimate of drug-likeness (QED) is 0.752. The highest BCUT2D eigenvalue weighted by Crippen LogP contribution is 2.40. The first-order valence-electron chi connectivity index (χ1n) is 8.36. The van der Waals surface area contributed by atoms with Gasteiger partial charge in [-0.2, -0.15) is 0 Å². The van der Waals surface area contributed by atoms with Crippen molar-refractivity contribution in [3.8, 4) is 17.2 Å². The zero-order valence-corrected chi connectivity index (χ0v) is 15.8. The third kappa shape index (κ3) is 4.56. The summed E-state index contributed by atoms with van der Waals surface area (Å²) in [6, 6.07) is 7.18. The summed E-state index contributed by atoms with van der Waals surface area (Å²) in [5.41, 5.74) is 1.86. The maximum atomic E-state index is 12.1. The van der Waals surface area contributed by atoms with Crippen molar-refractivity contribution in [1.82, 2.24) is 10.3 Å². The summed E-state index contributed by atoms with van der Waals surface area (Å²) in [6.45, 7) is 3.97. The van der Waals surface area contributed by atoms with Crippen LogP contribution in [-0.2, 0) is 0 Å². The predicted molar refractivity (Wildman–Crippen MR) is 101 cm³/mol. The molecule has 0 radical (unpaired) electrons. The summed E-state index contributed by atoms with van der Waals surface area (Å²) in [6.07, 6.45) is 2.47. The van der Waals surface area contributed by atoms with Crippen molar-refractivity contribution >= 4 is 17.3 Å². The molecule has 0 bridgehead atoms.